The smallest absolute Gasteiger partial charge is 0.407 e. The Morgan fingerprint density at radius 2 is 2.14 bits per heavy atom. The maximum Gasteiger partial charge on any atom is 0.420 e. The summed E-state index contributed by atoms with van der Waals surface area (Å²) in [7, 11) is 0. The minimum absolute atomic E-state index is 0.125. The zero-order valence-corrected chi connectivity index (χ0v) is 11.0. The van der Waals surface area contributed by atoms with Crippen LogP contribution in [0, 0.1) is 0 Å². The number of oxazole rings is 1. The van der Waals surface area contributed by atoms with Crippen molar-refractivity contribution in [2.75, 3.05) is 0 Å². The van der Waals surface area contributed by atoms with Gasteiger partial charge in [0.1, 0.15) is 12.3 Å². The van der Waals surface area contributed by atoms with Gasteiger partial charge in [-0.1, -0.05) is 12.1 Å². The van der Waals surface area contributed by atoms with Crippen molar-refractivity contribution in [3.63, 3.8) is 0 Å². The first-order chi connectivity index (χ1) is 10.1. The van der Waals surface area contributed by atoms with Crippen molar-refractivity contribution in [2.45, 2.75) is 25.3 Å². The fraction of sp³-hybridized carbons (Fsp3) is 0.286. The van der Waals surface area contributed by atoms with Crippen molar-refractivity contribution in [2.24, 2.45) is 0 Å². The molecule has 3 rings (SSSR count). The summed E-state index contributed by atoms with van der Waals surface area (Å²) < 4.78 is 6.44. The molecule has 2 heterocycles. The van der Waals surface area contributed by atoms with Gasteiger partial charge < -0.3 is 9.21 Å². The molecule has 7 heteroatoms. The number of hydrogen-bond acceptors (Lipinski definition) is 5. The Morgan fingerprint density at radius 1 is 1.33 bits per heavy atom. The molecular weight excluding hydrogens is 276 g/mol. The van der Waals surface area contributed by atoms with Crippen molar-refractivity contribution in [3.05, 3.63) is 34.3 Å². The van der Waals surface area contributed by atoms with Crippen LogP contribution < -0.4 is 11.1 Å². The Labute approximate surface area is 118 Å². The Hall–Kier alpha value is -2.70. The SMILES string of the molecule is O=CCc1cccc2c1oc(=O)n2C1CCC(=O)NC1=O. The van der Waals surface area contributed by atoms with E-state index in [1.165, 1.54) is 4.57 Å². The number of para-hydroxylation sites is 1. The number of hydrogen-bond donors (Lipinski definition) is 1. The number of benzene rings is 1. The van der Waals surface area contributed by atoms with Crippen LogP contribution in [0.1, 0.15) is 24.4 Å². The highest BCUT2D eigenvalue weighted by Crippen LogP contribution is 2.25. The molecule has 0 radical (unpaired) electrons. The first kappa shape index (κ1) is 13.3. The van der Waals surface area contributed by atoms with Crippen LogP contribution in [0.4, 0.5) is 0 Å². The molecule has 1 aromatic heterocycles. The average Bonchev–Trinajstić information content (AvgIpc) is 2.77. The number of nitrogens with one attached hydrogen (secondary N) is 1. The minimum Gasteiger partial charge on any atom is -0.407 e. The van der Waals surface area contributed by atoms with Crippen molar-refractivity contribution in [1.29, 1.82) is 0 Å². The second-order valence-corrected chi connectivity index (χ2v) is 4.84. The van der Waals surface area contributed by atoms with E-state index >= 15 is 0 Å². The predicted octanol–water partition coefficient (Wildman–Crippen LogP) is 0.314. The van der Waals surface area contributed by atoms with Crippen LogP contribution in [0.2, 0.25) is 0 Å². The van der Waals surface area contributed by atoms with Gasteiger partial charge in [-0.2, -0.15) is 0 Å². The summed E-state index contributed by atoms with van der Waals surface area (Å²) in [5, 5.41) is 2.21. The van der Waals surface area contributed by atoms with Crippen LogP contribution in [0.15, 0.2) is 27.4 Å². The summed E-state index contributed by atoms with van der Waals surface area (Å²) in [6, 6.07) is 4.26. The molecule has 0 aliphatic carbocycles. The molecule has 1 aromatic carbocycles. The standard InChI is InChI=1S/C14H12N2O5/c17-7-6-8-2-1-3-9-12(8)21-14(20)16(9)10-4-5-11(18)15-13(10)19/h1-3,7,10H,4-6H2,(H,15,18,19). The molecule has 1 atom stereocenters. The summed E-state index contributed by atoms with van der Waals surface area (Å²) in [6.45, 7) is 0. The monoisotopic (exact) mass is 288 g/mol. The molecule has 1 fully saturated rings. The van der Waals surface area contributed by atoms with Crippen LogP contribution in [0.3, 0.4) is 0 Å². The average molecular weight is 288 g/mol. The number of fused-ring (bicyclic) bond motifs is 1. The number of amides is 2. The lowest BCUT2D eigenvalue weighted by molar-refractivity contribution is -0.135. The maximum absolute atomic E-state index is 12.1. The number of rotatable bonds is 3. The van der Waals surface area contributed by atoms with E-state index in [-0.39, 0.29) is 25.2 Å². The lowest BCUT2D eigenvalue weighted by Crippen LogP contribution is -2.43. The number of carbonyl (C=O) groups is 3. The lowest BCUT2D eigenvalue weighted by atomic mass is 10.1. The molecular formula is C14H12N2O5. The van der Waals surface area contributed by atoms with E-state index in [1.54, 1.807) is 18.2 Å². The molecule has 21 heavy (non-hydrogen) atoms. The van der Waals surface area contributed by atoms with Gasteiger partial charge in [0, 0.05) is 18.4 Å². The van der Waals surface area contributed by atoms with E-state index in [1.807, 2.05) is 0 Å². The Morgan fingerprint density at radius 3 is 2.86 bits per heavy atom. The van der Waals surface area contributed by atoms with E-state index < -0.39 is 17.7 Å². The van der Waals surface area contributed by atoms with Crippen LogP contribution in [-0.4, -0.2) is 22.7 Å². The molecule has 1 aliphatic heterocycles. The van der Waals surface area contributed by atoms with Gasteiger partial charge in [-0.25, -0.2) is 4.79 Å². The Kier molecular flexibility index (Phi) is 3.17. The molecule has 1 N–H and O–H groups in total. The highest BCUT2D eigenvalue weighted by molar-refractivity contribution is 6.00. The second kappa shape index (κ2) is 5.01. The molecule has 1 saturated heterocycles. The molecule has 0 spiro atoms. The maximum atomic E-state index is 12.1. The number of aldehydes is 1. The van der Waals surface area contributed by atoms with Crippen LogP contribution in [-0.2, 0) is 20.8 Å². The predicted molar refractivity (Wildman–Crippen MR) is 71.7 cm³/mol. The number of piperidine rings is 1. The third-order valence-corrected chi connectivity index (χ3v) is 3.55. The number of carbonyl (C=O) groups excluding carboxylic acids is 3. The van der Waals surface area contributed by atoms with Crippen molar-refractivity contribution < 1.29 is 18.8 Å². The van der Waals surface area contributed by atoms with Gasteiger partial charge in [-0.15, -0.1) is 0 Å². The topological polar surface area (TPSA) is 98.4 Å². The van der Waals surface area contributed by atoms with Gasteiger partial charge in [0.25, 0.3) is 0 Å². The molecule has 0 saturated carbocycles. The molecule has 7 nitrogen and oxygen atoms in total. The van der Waals surface area contributed by atoms with Gasteiger partial charge in [0.15, 0.2) is 5.58 Å². The van der Waals surface area contributed by atoms with E-state index in [2.05, 4.69) is 5.32 Å². The second-order valence-electron chi connectivity index (χ2n) is 4.84. The van der Waals surface area contributed by atoms with Gasteiger partial charge in [0.05, 0.1) is 5.52 Å². The van der Waals surface area contributed by atoms with E-state index in [0.717, 1.165) is 6.29 Å². The first-order valence-electron chi connectivity index (χ1n) is 6.52. The minimum atomic E-state index is -0.775. The fourth-order valence-electron chi connectivity index (χ4n) is 2.59. The highest BCUT2D eigenvalue weighted by Gasteiger charge is 2.31. The largest absolute Gasteiger partial charge is 0.420 e. The van der Waals surface area contributed by atoms with Crippen LogP contribution in [0.25, 0.3) is 11.1 Å². The third kappa shape index (κ3) is 2.16. The number of aromatic nitrogens is 1. The van der Waals surface area contributed by atoms with Gasteiger partial charge in [-0.3, -0.25) is 19.5 Å². The van der Waals surface area contributed by atoms with Gasteiger partial charge in [-0.05, 0) is 12.5 Å². The highest BCUT2D eigenvalue weighted by atomic mass is 16.4. The third-order valence-electron chi connectivity index (χ3n) is 3.55. The zero-order chi connectivity index (χ0) is 15.0. The molecule has 1 aliphatic rings. The summed E-state index contributed by atoms with van der Waals surface area (Å²) in [5.41, 5.74) is 1.35. The molecule has 0 bridgehead atoms. The molecule has 1 unspecified atom stereocenters. The van der Waals surface area contributed by atoms with E-state index in [9.17, 15) is 19.2 Å². The fourth-order valence-corrected chi connectivity index (χ4v) is 2.59. The van der Waals surface area contributed by atoms with Crippen molar-refractivity contribution in [3.8, 4) is 0 Å². The number of imide groups is 1. The van der Waals surface area contributed by atoms with E-state index in [4.69, 9.17) is 4.42 Å². The van der Waals surface area contributed by atoms with Crippen molar-refractivity contribution >= 4 is 29.2 Å². The summed E-state index contributed by atoms with van der Waals surface area (Å²) in [5.74, 6) is -1.53. The van der Waals surface area contributed by atoms with E-state index in [0.29, 0.717) is 16.7 Å². The first-order valence-corrected chi connectivity index (χ1v) is 6.52. The zero-order valence-electron chi connectivity index (χ0n) is 11.0. The quantitative estimate of drug-likeness (QED) is 0.647. The summed E-state index contributed by atoms with van der Waals surface area (Å²) in [4.78, 5) is 45.9. The van der Waals surface area contributed by atoms with Gasteiger partial charge >= 0.3 is 5.76 Å². The Balaban J connectivity index is 2.15. The lowest BCUT2D eigenvalue weighted by Gasteiger charge is -2.21. The Bertz CT molecular complexity index is 801. The number of nitrogens with zero attached hydrogens (tertiary/aromatic N) is 1. The molecule has 2 amide bonds. The van der Waals surface area contributed by atoms with Crippen molar-refractivity contribution in [1.82, 2.24) is 9.88 Å². The normalized spacial score (nSPS) is 18.8. The van der Waals surface area contributed by atoms with Crippen LogP contribution >= 0.6 is 0 Å². The summed E-state index contributed by atoms with van der Waals surface area (Å²) in [6.07, 6.45) is 1.26. The van der Waals surface area contributed by atoms with Crippen LogP contribution in [0.5, 0.6) is 0 Å². The molecule has 2 aromatic rings. The molecule has 108 valence electrons. The van der Waals surface area contributed by atoms with Gasteiger partial charge in [0.2, 0.25) is 11.8 Å². The summed E-state index contributed by atoms with van der Waals surface area (Å²) >= 11 is 0.